The van der Waals surface area contributed by atoms with E-state index in [2.05, 4.69) is 5.32 Å². The average molecular weight is 411 g/mol. The number of halogens is 1. The molecule has 2 aromatic rings. The van der Waals surface area contributed by atoms with Crippen molar-refractivity contribution in [2.24, 2.45) is 11.7 Å². The first-order valence-electron chi connectivity index (χ1n) is 8.57. The summed E-state index contributed by atoms with van der Waals surface area (Å²) in [5.74, 6) is -0.296. The summed E-state index contributed by atoms with van der Waals surface area (Å²) in [4.78, 5) is 12.7. The Kier molecular flexibility index (Phi) is 8.02. The van der Waals surface area contributed by atoms with Gasteiger partial charge in [-0.25, -0.2) is 8.42 Å². The summed E-state index contributed by atoms with van der Waals surface area (Å²) in [6, 6.07) is 15.1. The number of benzene rings is 2. The van der Waals surface area contributed by atoms with Crippen molar-refractivity contribution in [3.8, 4) is 0 Å². The molecule has 0 aliphatic carbocycles. The van der Waals surface area contributed by atoms with Gasteiger partial charge in [0, 0.05) is 12.1 Å². The van der Waals surface area contributed by atoms with Gasteiger partial charge >= 0.3 is 0 Å². The molecule has 0 saturated carbocycles. The van der Waals surface area contributed by atoms with Gasteiger partial charge in [0.2, 0.25) is 0 Å². The molecule has 0 spiro atoms. The molecule has 0 fully saturated rings. The molecule has 0 saturated heterocycles. The Hall–Kier alpha value is -1.89. The third-order valence-electron chi connectivity index (χ3n) is 4.75. The van der Waals surface area contributed by atoms with Gasteiger partial charge in [0.05, 0.1) is 16.2 Å². The summed E-state index contributed by atoms with van der Waals surface area (Å²) < 4.78 is 25.3. The third-order valence-corrected chi connectivity index (χ3v) is 6.44. The van der Waals surface area contributed by atoms with Crippen LogP contribution in [0.4, 0.5) is 0 Å². The van der Waals surface area contributed by atoms with Crippen LogP contribution in [0, 0.1) is 5.92 Å². The van der Waals surface area contributed by atoms with Gasteiger partial charge in [-0.1, -0.05) is 50.2 Å². The van der Waals surface area contributed by atoms with E-state index in [9.17, 15) is 13.2 Å². The SMILES string of the molecule is CC(C)C(C)(CN)NC(=O)c1cccc(S(=O)(=O)Cc2ccccc2)c1.Cl. The molecular weight excluding hydrogens is 384 g/mol. The van der Waals surface area contributed by atoms with Gasteiger partial charge in [-0.3, -0.25) is 4.79 Å². The van der Waals surface area contributed by atoms with Crippen molar-refractivity contribution in [1.82, 2.24) is 5.32 Å². The monoisotopic (exact) mass is 410 g/mol. The smallest absolute Gasteiger partial charge is 0.251 e. The van der Waals surface area contributed by atoms with E-state index in [1.54, 1.807) is 36.4 Å². The van der Waals surface area contributed by atoms with Crippen molar-refractivity contribution >= 4 is 28.2 Å². The minimum Gasteiger partial charge on any atom is -0.345 e. The zero-order valence-corrected chi connectivity index (χ0v) is 17.4. The standard InChI is InChI=1S/C20H26N2O3S.ClH/c1-15(2)20(3,14-21)22-19(23)17-10-7-11-18(12-17)26(24,25)13-16-8-5-4-6-9-16;/h4-12,15H,13-14,21H2,1-3H3,(H,22,23);1H. The molecule has 3 N–H and O–H groups in total. The maximum Gasteiger partial charge on any atom is 0.251 e. The highest BCUT2D eigenvalue weighted by molar-refractivity contribution is 7.90. The Morgan fingerprint density at radius 1 is 1.11 bits per heavy atom. The van der Waals surface area contributed by atoms with Crippen LogP contribution >= 0.6 is 12.4 Å². The largest absolute Gasteiger partial charge is 0.345 e. The Balaban J connectivity index is 0.00000364. The van der Waals surface area contributed by atoms with E-state index in [0.717, 1.165) is 0 Å². The number of carbonyl (C=O) groups excluding carboxylic acids is 1. The summed E-state index contributed by atoms with van der Waals surface area (Å²) in [7, 11) is -3.54. The molecule has 2 aromatic carbocycles. The molecule has 0 heterocycles. The van der Waals surface area contributed by atoms with Crippen LogP contribution in [0.1, 0.15) is 36.7 Å². The molecule has 0 aromatic heterocycles. The van der Waals surface area contributed by atoms with Crippen LogP contribution in [0.15, 0.2) is 59.5 Å². The number of hydrogen-bond acceptors (Lipinski definition) is 4. The van der Waals surface area contributed by atoms with Gasteiger partial charge in [-0.2, -0.15) is 0 Å². The van der Waals surface area contributed by atoms with Crippen LogP contribution in [-0.4, -0.2) is 26.4 Å². The molecule has 148 valence electrons. The van der Waals surface area contributed by atoms with E-state index in [1.807, 2.05) is 26.8 Å². The van der Waals surface area contributed by atoms with Crippen molar-refractivity contribution in [2.75, 3.05) is 6.54 Å². The average Bonchev–Trinajstić information content (AvgIpc) is 2.62. The molecule has 1 amide bonds. The van der Waals surface area contributed by atoms with Crippen molar-refractivity contribution in [1.29, 1.82) is 0 Å². The van der Waals surface area contributed by atoms with E-state index in [0.29, 0.717) is 17.7 Å². The summed E-state index contributed by atoms with van der Waals surface area (Å²) in [6.07, 6.45) is 0. The van der Waals surface area contributed by atoms with Crippen LogP contribution in [0.3, 0.4) is 0 Å². The second-order valence-corrected chi connectivity index (χ2v) is 8.99. The molecule has 0 aliphatic heterocycles. The predicted octanol–water partition coefficient (Wildman–Crippen LogP) is 3.19. The quantitative estimate of drug-likeness (QED) is 0.733. The van der Waals surface area contributed by atoms with E-state index in [4.69, 9.17) is 5.73 Å². The molecule has 7 heteroatoms. The number of hydrogen-bond donors (Lipinski definition) is 2. The summed E-state index contributed by atoms with van der Waals surface area (Å²) in [5, 5.41) is 2.93. The second kappa shape index (κ2) is 9.35. The van der Waals surface area contributed by atoms with Gasteiger partial charge in [0.25, 0.3) is 5.91 Å². The van der Waals surface area contributed by atoms with Gasteiger partial charge in [0.15, 0.2) is 9.84 Å². The first kappa shape index (κ1) is 23.1. The minimum absolute atomic E-state index is 0. The molecule has 1 unspecified atom stereocenters. The zero-order chi connectivity index (χ0) is 19.4. The van der Waals surface area contributed by atoms with Crippen LogP contribution in [0.5, 0.6) is 0 Å². The summed E-state index contributed by atoms with van der Waals surface area (Å²) in [5.41, 5.74) is 6.26. The van der Waals surface area contributed by atoms with Gasteiger partial charge in [-0.15, -0.1) is 12.4 Å². The van der Waals surface area contributed by atoms with Gasteiger partial charge < -0.3 is 11.1 Å². The minimum atomic E-state index is -3.54. The summed E-state index contributed by atoms with van der Waals surface area (Å²) >= 11 is 0. The van der Waals surface area contributed by atoms with Gasteiger partial charge in [0.1, 0.15) is 0 Å². The lowest BCUT2D eigenvalue weighted by atomic mass is 9.88. The van der Waals surface area contributed by atoms with Crippen molar-refractivity contribution in [2.45, 2.75) is 37.0 Å². The molecule has 0 bridgehead atoms. The van der Waals surface area contributed by atoms with Crippen molar-refractivity contribution in [3.63, 3.8) is 0 Å². The lowest BCUT2D eigenvalue weighted by molar-refractivity contribution is 0.0883. The van der Waals surface area contributed by atoms with E-state index in [1.165, 1.54) is 12.1 Å². The molecular formula is C20H27ClN2O3S. The fourth-order valence-electron chi connectivity index (χ4n) is 2.47. The molecule has 0 radical (unpaired) electrons. The third kappa shape index (κ3) is 5.79. The van der Waals surface area contributed by atoms with Gasteiger partial charge in [-0.05, 0) is 36.6 Å². The van der Waals surface area contributed by atoms with E-state index < -0.39 is 15.4 Å². The Morgan fingerprint density at radius 2 is 1.74 bits per heavy atom. The lowest BCUT2D eigenvalue weighted by Crippen LogP contribution is -2.55. The van der Waals surface area contributed by atoms with E-state index in [-0.39, 0.29) is 34.9 Å². The number of rotatable bonds is 7. The molecule has 0 aliphatic rings. The van der Waals surface area contributed by atoms with Crippen LogP contribution in [-0.2, 0) is 15.6 Å². The number of nitrogens with two attached hydrogens (primary N) is 1. The molecule has 1 atom stereocenters. The zero-order valence-electron chi connectivity index (χ0n) is 15.8. The summed E-state index contributed by atoms with van der Waals surface area (Å²) in [6.45, 7) is 6.13. The highest BCUT2D eigenvalue weighted by atomic mass is 35.5. The maximum absolute atomic E-state index is 12.7. The highest BCUT2D eigenvalue weighted by Crippen LogP contribution is 2.20. The fraction of sp³-hybridized carbons (Fsp3) is 0.350. The van der Waals surface area contributed by atoms with E-state index >= 15 is 0 Å². The second-order valence-electron chi connectivity index (χ2n) is 7.00. The van der Waals surface area contributed by atoms with Crippen LogP contribution < -0.4 is 11.1 Å². The highest BCUT2D eigenvalue weighted by Gasteiger charge is 2.29. The normalized spacial score (nSPS) is 13.5. The predicted molar refractivity (Wildman–Crippen MR) is 111 cm³/mol. The first-order chi connectivity index (χ1) is 12.2. The molecule has 27 heavy (non-hydrogen) atoms. The Bertz CT molecular complexity index is 870. The number of sulfone groups is 1. The Morgan fingerprint density at radius 3 is 2.30 bits per heavy atom. The topological polar surface area (TPSA) is 89.3 Å². The molecule has 2 rings (SSSR count). The number of amides is 1. The Labute approximate surface area is 167 Å². The maximum atomic E-state index is 12.7. The first-order valence-corrected chi connectivity index (χ1v) is 10.2. The van der Waals surface area contributed by atoms with Crippen molar-refractivity contribution < 1.29 is 13.2 Å². The fourth-order valence-corrected chi connectivity index (χ4v) is 3.86. The van der Waals surface area contributed by atoms with Crippen molar-refractivity contribution in [3.05, 3.63) is 65.7 Å². The number of carbonyl (C=O) groups is 1. The van der Waals surface area contributed by atoms with Crippen LogP contribution in [0.2, 0.25) is 0 Å². The molecule has 5 nitrogen and oxygen atoms in total. The van der Waals surface area contributed by atoms with Crippen LogP contribution in [0.25, 0.3) is 0 Å². The number of nitrogens with one attached hydrogen (secondary N) is 1. The lowest BCUT2D eigenvalue weighted by Gasteiger charge is -2.33.